The predicted octanol–water partition coefficient (Wildman–Crippen LogP) is 4.22. The lowest BCUT2D eigenvalue weighted by Crippen LogP contribution is -2.47. The van der Waals surface area contributed by atoms with Crippen LogP contribution in [0.2, 0.25) is 0 Å². The van der Waals surface area contributed by atoms with E-state index in [2.05, 4.69) is 25.8 Å². The van der Waals surface area contributed by atoms with Crippen LogP contribution in [0, 0.1) is 17.8 Å². The first-order chi connectivity index (χ1) is 21.9. The number of alkyl halides is 5. The number of hydrogen-bond donors (Lipinski definition) is 2. The van der Waals surface area contributed by atoms with Crippen molar-refractivity contribution in [2.75, 3.05) is 13.2 Å². The average Bonchev–Trinajstić information content (AvgIpc) is 3.78. The maximum absolute atomic E-state index is 14.1. The normalized spacial score (nSPS) is 24.7. The highest BCUT2D eigenvalue weighted by Crippen LogP contribution is 2.41. The molecule has 3 aromatic heterocycles. The number of piperidine rings is 1. The zero-order valence-corrected chi connectivity index (χ0v) is 25.4. The smallest absolute Gasteiger partial charge is 0.378 e. The number of fused-ring (bicyclic) bond motifs is 1. The number of ether oxygens (including phenoxy) is 1. The van der Waals surface area contributed by atoms with Gasteiger partial charge in [0, 0.05) is 57.5 Å². The second-order valence-corrected chi connectivity index (χ2v) is 12.6. The van der Waals surface area contributed by atoms with Crippen LogP contribution in [0.4, 0.5) is 22.0 Å². The summed E-state index contributed by atoms with van der Waals surface area (Å²) in [7, 11) is 0. The Kier molecular flexibility index (Phi) is 9.00. The molecule has 0 spiro atoms. The molecule has 4 atom stereocenters. The van der Waals surface area contributed by atoms with Crippen LogP contribution >= 0.6 is 0 Å². The second-order valence-electron chi connectivity index (χ2n) is 12.6. The standard InChI is InChI=1S/C30H37F5N8O3/c1-2-42-24(7-10-37-42)27(45)40-25(17-5-8-29(31,32)9-6-17)23-16-43-28(39-23)38-21(14-20-4-3-11-46-20)22(41-43)13-18-12-19(30(33,34)35)15-36-26(18)44/h7,10,16-20,25H,2-6,8-9,11-15H2,1H3,(H,36,44)(H,40,45)/t18-,19-,20?,25+/m1/s1. The number of aromatic nitrogens is 6. The van der Waals surface area contributed by atoms with E-state index in [0.29, 0.717) is 42.3 Å². The summed E-state index contributed by atoms with van der Waals surface area (Å²) in [6.07, 6.45) is -0.293. The summed E-state index contributed by atoms with van der Waals surface area (Å²) in [5.41, 5.74) is 1.53. The molecule has 1 saturated carbocycles. The number of amides is 2. The lowest BCUT2D eigenvalue weighted by molar-refractivity contribution is -0.183. The average molecular weight is 653 g/mol. The van der Waals surface area contributed by atoms with Gasteiger partial charge in [0.2, 0.25) is 11.8 Å². The van der Waals surface area contributed by atoms with E-state index < -0.39 is 48.3 Å². The Hall–Kier alpha value is -3.69. The minimum atomic E-state index is -4.45. The molecule has 3 fully saturated rings. The zero-order chi connectivity index (χ0) is 32.6. The molecule has 0 aromatic carbocycles. The van der Waals surface area contributed by atoms with Gasteiger partial charge in [0.05, 0.1) is 41.3 Å². The summed E-state index contributed by atoms with van der Waals surface area (Å²) in [6.45, 7) is 2.42. The molecule has 46 heavy (non-hydrogen) atoms. The Morgan fingerprint density at radius 3 is 2.65 bits per heavy atom. The molecule has 0 bridgehead atoms. The number of hydrogen-bond acceptors (Lipinski definition) is 7. The van der Waals surface area contributed by atoms with E-state index in [-0.39, 0.29) is 56.3 Å². The van der Waals surface area contributed by atoms with Gasteiger partial charge in [-0.25, -0.2) is 23.3 Å². The number of carbonyl (C=O) groups is 2. The molecule has 1 aliphatic carbocycles. The lowest BCUT2D eigenvalue weighted by atomic mass is 9.81. The molecule has 3 aliphatic rings. The van der Waals surface area contributed by atoms with Crippen molar-refractivity contribution >= 4 is 17.6 Å². The van der Waals surface area contributed by atoms with Crippen molar-refractivity contribution in [2.24, 2.45) is 17.8 Å². The van der Waals surface area contributed by atoms with Crippen molar-refractivity contribution in [1.82, 2.24) is 40.0 Å². The van der Waals surface area contributed by atoms with Gasteiger partial charge in [-0.05, 0) is 51.0 Å². The van der Waals surface area contributed by atoms with E-state index >= 15 is 0 Å². The number of imidazole rings is 1. The fourth-order valence-electron chi connectivity index (χ4n) is 6.78. The highest BCUT2D eigenvalue weighted by molar-refractivity contribution is 5.92. The molecule has 0 radical (unpaired) electrons. The molecule has 11 nitrogen and oxygen atoms in total. The van der Waals surface area contributed by atoms with Crippen LogP contribution in [-0.2, 0) is 28.9 Å². The number of halogens is 5. The highest BCUT2D eigenvalue weighted by atomic mass is 19.4. The summed E-state index contributed by atoms with van der Waals surface area (Å²) in [5, 5.41) is 14.2. The molecule has 2 saturated heterocycles. The molecular formula is C30H37F5N8O3. The number of carbonyl (C=O) groups excluding carboxylic acids is 2. The van der Waals surface area contributed by atoms with E-state index in [1.54, 1.807) is 12.3 Å². The molecule has 2 aliphatic heterocycles. The maximum Gasteiger partial charge on any atom is 0.393 e. The largest absolute Gasteiger partial charge is 0.393 e. The monoisotopic (exact) mass is 652 g/mol. The van der Waals surface area contributed by atoms with Crippen molar-refractivity contribution in [3.05, 3.63) is 41.2 Å². The summed E-state index contributed by atoms with van der Waals surface area (Å²) in [6, 6.07) is 0.834. The van der Waals surface area contributed by atoms with Gasteiger partial charge in [-0.3, -0.25) is 14.3 Å². The minimum Gasteiger partial charge on any atom is -0.378 e. The van der Waals surface area contributed by atoms with Crippen molar-refractivity contribution in [3.8, 4) is 0 Å². The molecule has 250 valence electrons. The van der Waals surface area contributed by atoms with Crippen LogP contribution in [0.5, 0.6) is 0 Å². The lowest BCUT2D eigenvalue weighted by Gasteiger charge is -2.33. The van der Waals surface area contributed by atoms with Crippen LogP contribution in [0.1, 0.15) is 85.5 Å². The summed E-state index contributed by atoms with van der Waals surface area (Å²) in [4.78, 5) is 35.5. The summed E-state index contributed by atoms with van der Waals surface area (Å²) in [5.74, 6) is -6.46. The Bertz CT molecular complexity index is 1560. The maximum atomic E-state index is 14.1. The molecule has 1 unspecified atom stereocenters. The first kappa shape index (κ1) is 32.3. The van der Waals surface area contributed by atoms with Gasteiger partial charge in [-0.2, -0.15) is 23.4 Å². The Morgan fingerprint density at radius 2 is 1.96 bits per heavy atom. The SMILES string of the molecule is CCn1nccc1C(=O)N[C@H](c1cn2nc(C[C@H]3C[C@@H](C(F)(F)F)CNC3=O)c(CC3CCCO3)nc2n1)C1CCC(F)(F)CC1. The van der Waals surface area contributed by atoms with Gasteiger partial charge in [-0.1, -0.05) is 0 Å². The fraction of sp³-hybridized carbons (Fsp3) is 0.667. The van der Waals surface area contributed by atoms with Crippen LogP contribution in [0.15, 0.2) is 18.5 Å². The second kappa shape index (κ2) is 12.8. The summed E-state index contributed by atoms with van der Waals surface area (Å²) < 4.78 is 77.6. The molecule has 6 rings (SSSR count). The van der Waals surface area contributed by atoms with Crippen molar-refractivity contribution in [2.45, 2.75) is 95.5 Å². The number of nitrogens with zero attached hydrogens (tertiary/aromatic N) is 6. The first-order valence-electron chi connectivity index (χ1n) is 15.8. The molecule has 2 N–H and O–H groups in total. The molecular weight excluding hydrogens is 615 g/mol. The van der Waals surface area contributed by atoms with Crippen LogP contribution < -0.4 is 10.6 Å². The van der Waals surface area contributed by atoms with E-state index in [9.17, 15) is 31.5 Å². The number of rotatable bonds is 9. The van der Waals surface area contributed by atoms with Crippen molar-refractivity contribution in [1.29, 1.82) is 0 Å². The number of aryl methyl sites for hydroxylation is 1. The van der Waals surface area contributed by atoms with Crippen LogP contribution in [0.25, 0.3) is 5.78 Å². The van der Waals surface area contributed by atoms with Gasteiger partial charge in [0.1, 0.15) is 5.69 Å². The van der Waals surface area contributed by atoms with Gasteiger partial charge in [0.25, 0.3) is 11.7 Å². The minimum absolute atomic E-state index is 0.0597. The third kappa shape index (κ3) is 7.00. The molecule has 5 heterocycles. The van der Waals surface area contributed by atoms with Crippen LogP contribution in [0.3, 0.4) is 0 Å². The van der Waals surface area contributed by atoms with Gasteiger partial charge in [0.15, 0.2) is 0 Å². The Morgan fingerprint density at radius 1 is 1.17 bits per heavy atom. The Balaban J connectivity index is 1.34. The fourth-order valence-corrected chi connectivity index (χ4v) is 6.78. The Labute approximate surface area is 261 Å². The molecule has 2 amide bonds. The van der Waals surface area contributed by atoms with Crippen molar-refractivity contribution < 1.29 is 36.3 Å². The van der Waals surface area contributed by atoms with E-state index in [1.807, 2.05) is 6.92 Å². The van der Waals surface area contributed by atoms with Crippen molar-refractivity contribution in [3.63, 3.8) is 0 Å². The third-order valence-corrected chi connectivity index (χ3v) is 9.38. The van der Waals surface area contributed by atoms with E-state index in [0.717, 1.165) is 12.8 Å². The van der Waals surface area contributed by atoms with Gasteiger partial charge in [-0.15, -0.1) is 0 Å². The van der Waals surface area contributed by atoms with Gasteiger partial charge >= 0.3 is 6.18 Å². The van der Waals surface area contributed by atoms with E-state index in [1.165, 1.54) is 15.4 Å². The first-order valence-corrected chi connectivity index (χ1v) is 15.8. The van der Waals surface area contributed by atoms with E-state index in [4.69, 9.17) is 9.72 Å². The zero-order valence-electron chi connectivity index (χ0n) is 25.4. The highest BCUT2D eigenvalue weighted by Gasteiger charge is 2.45. The molecule has 3 aromatic rings. The molecule has 16 heteroatoms. The van der Waals surface area contributed by atoms with Gasteiger partial charge < -0.3 is 15.4 Å². The summed E-state index contributed by atoms with van der Waals surface area (Å²) >= 11 is 0. The third-order valence-electron chi connectivity index (χ3n) is 9.38. The quantitative estimate of drug-likeness (QED) is 0.332. The predicted molar refractivity (Wildman–Crippen MR) is 153 cm³/mol. The topological polar surface area (TPSA) is 128 Å². The number of nitrogens with one attached hydrogen (secondary N) is 2. The van der Waals surface area contributed by atoms with Crippen LogP contribution in [-0.4, -0.2) is 72.5 Å².